The van der Waals surface area contributed by atoms with Crippen LogP contribution in [0.4, 0.5) is 0 Å². The number of nitrogens with zero attached hydrogens (tertiary/aromatic N) is 1. The van der Waals surface area contributed by atoms with Crippen molar-refractivity contribution in [1.29, 1.82) is 5.26 Å². The van der Waals surface area contributed by atoms with E-state index in [1.807, 2.05) is 18.2 Å². The Kier molecular flexibility index (Phi) is 3.73. The summed E-state index contributed by atoms with van der Waals surface area (Å²) in [6.45, 7) is 0. The molecule has 3 heteroatoms. The summed E-state index contributed by atoms with van der Waals surface area (Å²) in [5.41, 5.74) is 0.685. The molecule has 1 aromatic rings. The van der Waals surface area contributed by atoms with Gasteiger partial charge in [0, 0.05) is 10.0 Å². The second kappa shape index (κ2) is 5.10. The fourth-order valence-electron chi connectivity index (χ4n) is 2.65. The largest absolute Gasteiger partial charge is 0.496 e. The Morgan fingerprint density at radius 3 is 2.59 bits per heavy atom. The molecule has 0 amide bonds. The first kappa shape index (κ1) is 12.4. The van der Waals surface area contributed by atoms with E-state index in [9.17, 15) is 5.26 Å². The van der Waals surface area contributed by atoms with Gasteiger partial charge >= 0.3 is 0 Å². The maximum absolute atomic E-state index is 9.58. The van der Waals surface area contributed by atoms with Crippen molar-refractivity contribution < 1.29 is 4.74 Å². The lowest BCUT2D eigenvalue weighted by molar-refractivity contribution is 0.342. The Morgan fingerprint density at radius 2 is 2.00 bits per heavy atom. The molecule has 0 saturated heterocycles. The Balaban J connectivity index is 2.49. The van der Waals surface area contributed by atoms with Crippen molar-refractivity contribution in [3.8, 4) is 11.8 Å². The number of hydrogen-bond acceptors (Lipinski definition) is 2. The van der Waals surface area contributed by atoms with Gasteiger partial charge in [0.2, 0.25) is 0 Å². The number of nitriles is 1. The van der Waals surface area contributed by atoms with Crippen molar-refractivity contribution in [1.82, 2.24) is 0 Å². The molecule has 0 bridgehead atoms. The third kappa shape index (κ3) is 2.32. The van der Waals surface area contributed by atoms with Gasteiger partial charge in [0.15, 0.2) is 0 Å². The number of methoxy groups -OCH3 is 1. The molecule has 1 aliphatic rings. The molecule has 0 aromatic heterocycles. The molecule has 0 unspecified atom stereocenters. The van der Waals surface area contributed by atoms with Crippen LogP contribution in [0.2, 0.25) is 0 Å². The summed E-state index contributed by atoms with van der Waals surface area (Å²) in [6.07, 6.45) is 5.37. The highest BCUT2D eigenvalue weighted by atomic mass is 79.9. The van der Waals surface area contributed by atoms with E-state index in [0.29, 0.717) is 0 Å². The fourth-order valence-corrected chi connectivity index (χ4v) is 3.01. The highest BCUT2D eigenvalue weighted by molar-refractivity contribution is 9.10. The molecule has 0 radical (unpaired) electrons. The summed E-state index contributed by atoms with van der Waals surface area (Å²) in [5.74, 6) is 0.830. The third-order valence-electron chi connectivity index (χ3n) is 3.60. The lowest BCUT2D eigenvalue weighted by Crippen LogP contribution is -2.27. The van der Waals surface area contributed by atoms with Crippen molar-refractivity contribution in [3.63, 3.8) is 0 Å². The Hall–Kier alpha value is -1.01. The molecule has 2 nitrogen and oxygen atoms in total. The molecule has 2 rings (SSSR count). The van der Waals surface area contributed by atoms with Gasteiger partial charge in [0.25, 0.3) is 0 Å². The van der Waals surface area contributed by atoms with Gasteiger partial charge in [-0.05, 0) is 31.0 Å². The standard InChI is InChI=1S/C14H16BrNO/c1-17-13-6-5-11(15)9-12(13)14(10-16)7-3-2-4-8-14/h5-6,9H,2-4,7-8H2,1H3. The fraction of sp³-hybridized carbons (Fsp3) is 0.500. The molecule has 0 heterocycles. The zero-order valence-corrected chi connectivity index (χ0v) is 11.6. The second-order valence-electron chi connectivity index (χ2n) is 4.60. The summed E-state index contributed by atoms with van der Waals surface area (Å²) >= 11 is 3.48. The molecular formula is C14H16BrNO. The van der Waals surface area contributed by atoms with Gasteiger partial charge in [-0.15, -0.1) is 0 Å². The first-order valence-electron chi connectivity index (χ1n) is 5.97. The van der Waals surface area contributed by atoms with Crippen LogP contribution in [0.15, 0.2) is 22.7 Å². The molecule has 1 aromatic carbocycles. The zero-order valence-electron chi connectivity index (χ0n) is 10.0. The van der Waals surface area contributed by atoms with Crippen LogP contribution in [-0.4, -0.2) is 7.11 Å². The molecule has 0 N–H and O–H groups in total. The van der Waals surface area contributed by atoms with Crippen molar-refractivity contribution >= 4 is 15.9 Å². The normalized spacial score (nSPS) is 18.4. The summed E-state index contributed by atoms with van der Waals surface area (Å²) in [6, 6.07) is 8.46. The highest BCUT2D eigenvalue weighted by Crippen LogP contribution is 2.43. The molecule has 90 valence electrons. The van der Waals surface area contributed by atoms with E-state index in [0.717, 1.165) is 41.5 Å². The number of halogens is 1. The molecule has 1 aliphatic carbocycles. The predicted octanol–water partition coefficient (Wildman–Crippen LogP) is 4.18. The average Bonchev–Trinajstić information content (AvgIpc) is 2.39. The van der Waals surface area contributed by atoms with E-state index in [-0.39, 0.29) is 5.41 Å². The molecule has 1 fully saturated rings. The second-order valence-corrected chi connectivity index (χ2v) is 5.51. The summed E-state index contributed by atoms with van der Waals surface area (Å²) < 4.78 is 6.42. The Morgan fingerprint density at radius 1 is 1.29 bits per heavy atom. The smallest absolute Gasteiger partial charge is 0.123 e. The minimum Gasteiger partial charge on any atom is -0.496 e. The molecule has 0 aliphatic heterocycles. The molecular weight excluding hydrogens is 278 g/mol. The van der Waals surface area contributed by atoms with Crippen LogP contribution in [0, 0.1) is 11.3 Å². The quantitative estimate of drug-likeness (QED) is 0.819. The van der Waals surface area contributed by atoms with Crippen LogP contribution in [-0.2, 0) is 5.41 Å². The van der Waals surface area contributed by atoms with Crippen LogP contribution < -0.4 is 4.74 Å². The van der Waals surface area contributed by atoms with E-state index in [1.165, 1.54) is 6.42 Å². The van der Waals surface area contributed by atoms with E-state index in [4.69, 9.17) is 4.74 Å². The summed E-state index contributed by atoms with van der Waals surface area (Å²) in [7, 11) is 1.67. The SMILES string of the molecule is COc1ccc(Br)cc1C1(C#N)CCCCC1. The van der Waals surface area contributed by atoms with Crippen molar-refractivity contribution in [2.45, 2.75) is 37.5 Å². The van der Waals surface area contributed by atoms with Crippen molar-refractivity contribution in [2.75, 3.05) is 7.11 Å². The molecule has 0 atom stereocenters. The molecule has 17 heavy (non-hydrogen) atoms. The van der Waals surface area contributed by atoms with E-state index < -0.39 is 0 Å². The van der Waals surface area contributed by atoms with Crippen molar-refractivity contribution in [3.05, 3.63) is 28.2 Å². The first-order chi connectivity index (χ1) is 8.22. The Bertz CT molecular complexity index is 444. The van der Waals surface area contributed by atoms with Crippen LogP contribution in [0.25, 0.3) is 0 Å². The van der Waals surface area contributed by atoms with Crippen LogP contribution in [0.3, 0.4) is 0 Å². The van der Waals surface area contributed by atoms with Crippen LogP contribution >= 0.6 is 15.9 Å². The number of ether oxygens (including phenoxy) is 1. The van der Waals surface area contributed by atoms with Crippen LogP contribution in [0.5, 0.6) is 5.75 Å². The summed E-state index contributed by atoms with van der Waals surface area (Å²) in [4.78, 5) is 0. The lowest BCUT2D eigenvalue weighted by atomic mass is 9.70. The number of benzene rings is 1. The van der Waals surface area contributed by atoms with E-state index in [2.05, 4.69) is 22.0 Å². The van der Waals surface area contributed by atoms with Crippen molar-refractivity contribution in [2.24, 2.45) is 0 Å². The maximum atomic E-state index is 9.58. The first-order valence-corrected chi connectivity index (χ1v) is 6.76. The number of hydrogen-bond donors (Lipinski definition) is 0. The van der Waals surface area contributed by atoms with E-state index >= 15 is 0 Å². The minimum atomic E-state index is -0.354. The Labute approximate surface area is 111 Å². The topological polar surface area (TPSA) is 33.0 Å². The minimum absolute atomic E-state index is 0.354. The molecule has 0 spiro atoms. The highest BCUT2D eigenvalue weighted by Gasteiger charge is 2.36. The van der Waals surface area contributed by atoms with Crippen LogP contribution in [0.1, 0.15) is 37.7 Å². The van der Waals surface area contributed by atoms with Gasteiger partial charge in [-0.1, -0.05) is 35.2 Å². The third-order valence-corrected chi connectivity index (χ3v) is 4.09. The monoisotopic (exact) mass is 293 g/mol. The zero-order chi connectivity index (χ0) is 12.3. The van der Waals surface area contributed by atoms with Gasteiger partial charge in [-0.25, -0.2) is 0 Å². The average molecular weight is 294 g/mol. The maximum Gasteiger partial charge on any atom is 0.123 e. The van der Waals surface area contributed by atoms with Gasteiger partial charge in [0.1, 0.15) is 5.75 Å². The number of rotatable bonds is 2. The summed E-state index contributed by atoms with van der Waals surface area (Å²) in [5, 5.41) is 9.58. The van der Waals surface area contributed by atoms with Gasteiger partial charge in [-0.2, -0.15) is 5.26 Å². The van der Waals surface area contributed by atoms with Gasteiger partial charge in [0.05, 0.1) is 18.6 Å². The van der Waals surface area contributed by atoms with Gasteiger partial charge < -0.3 is 4.74 Å². The van der Waals surface area contributed by atoms with E-state index in [1.54, 1.807) is 7.11 Å². The van der Waals surface area contributed by atoms with Gasteiger partial charge in [-0.3, -0.25) is 0 Å². The predicted molar refractivity (Wildman–Crippen MR) is 71.1 cm³/mol. The molecule has 1 saturated carbocycles. The lowest BCUT2D eigenvalue weighted by Gasteiger charge is -2.32.